The molecule has 0 amide bonds. The molecule has 1 saturated carbocycles. The summed E-state index contributed by atoms with van der Waals surface area (Å²) in [5.41, 5.74) is 9.01. The molecular weight excluding hydrogens is 404 g/mol. The second kappa shape index (κ2) is 9.19. The number of nitrogens with zero attached hydrogens (tertiary/aromatic N) is 2. The fourth-order valence-corrected chi connectivity index (χ4v) is 5.26. The van der Waals surface area contributed by atoms with Gasteiger partial charge in [0.1, 0.15) is 5.58 Å². The Kier molecular flexibility index (Phi) is 5.95. The Bertz CT molecular complexity index is 1400. The summed E-state index contributed by atoms with van der Waals surface area (Å²) in [4.78, 5) is 8.60. The molecule has 0 atom stereocenters. The monoisotopic (exact) mass is 434 g/mol. The summed E-state index contributed by atoms with van der Waals surface area (Å²) in [6.45, 7) is 4.36. The maximum absolute atomic E-state index is 6.31. The molecule has 33 heavy (non-hydrogen) atoms. The number of aryl methyl sites for hydroxylation is 1. The van der Waals surface area contributed by atoms with Crippen LogP contribution in [0.1, 0.15) is 60.8 Å². The second-order valence-corrected chi connectivity index (χ2v) is 9.00. The van der Waals surface area contributed by atoms with Gasteiger partial charge in [-0.3, -0.25) is 4.99 Å². The Hall–Kier alpha value is -3.46. The van der Waals surface area contributed by atoms with Crippen molar-refractivity contribution in [2.45, 2.75) is 45.4 Å². The zero-order valence-electron chi connectivity index (χ0n) is 19.6. The highest BCUT2D eigenvalue weighted by Crippen LogP contribution is 2.39. The number of pyridine rings is 1. The van der Waals surface area contributed by atoms with E-state index in [9.17, 15) is 0 Å². The van der Waals surface area contributed by atoms with Gasteiger partial charge in [-0.1, -0.05) is 55.3 Å². The molecule has 1 fully saturated rings. The first-order valence-electron chi connectivity index (χ1n) is 11.8. The molecule has 166 valence electrons. The van der Waals surface area contributed by atoms with Crippen molar-refractivity contribution in [1.82, 2.24) is 4.98 Å². The molecule has 2 aromatic carbocycles. The maximum atomic E-state index is 6.31. The van der Waals surface area contributed by atoms with Gasteiger partial charge in [0, 0.05) is 35.8 Å². The summed E-state index contributed by atoms with van der Waals surface area (Å²) in [6, 6.07) is 17.5. The number of fused-ring (bicyclic) bond motifs is 3. The average Bonchev–Trinajstić information content (AvgIpc) is 3.50. The fourth-order valence-electron chi connectivity index (χ4n) is 5.26. The molecule has 3 heteroatoms. The van der Waals surface area contributed by atoms with Gasteiger partial charge in [-0.05, 0) is 78.7 Å². The van der Waals surface area contributed by atoms with E-state index in [1.54, 1.807) is 13.2 Å². The highest BCUT2D eigenvalue weighted by atomic mass is 16.3. The van der Waals surface area contributed by atoms with Gasteiger partial charge in [0.2, 0.25) is 5.71 Å². The molecule has 0 N–H and O–H groups in total. The van der Waals surface area contributed by atoms with Gasteiger partial charge < -0.3 is 4.42 Å². The summed E-state index contributed by atoms with van der Waals surface area (Å²) in [6.07, 6.45) is 13.1. The van der Waals surface area contributed by atoms with Crippen LogP contribution in [0.2, 0.25) is 0 Å². The molecule has 3 nitrogen and oxygen atoms in total. The van der Waals surface area contributed by atoms with Crippen molar-refractivity contribution in [1.29, 1.82) is 0 Å². The molecule has 0 unspecified atom stereocenters. The summed E-state index contributed by atoms with van der Waals surface area (Å²) >= 11 is 0. The Morgan fingerprint density at radius 1 is 1.06 bits per heavy atom. The van der Waals surface area contributed by atoms with Gasteiger partial charge in [-0.25, -0.2) is 4.98 Å². The molecule has 2 heterocycles. The number of rotatable bonds is 5. The van der Waals surface area contributed by atoms with E-state index >= 15 is 0 Å². The van der Waals surface area contributed by atoms with Crippen LogP contribution in [0, 0.1) is 6.92 Å². The molecular formula is C30H30N2O. The third-order valence-corrected chi connectivity index (χ3v) is 6.93. The number of furan rings is 1. The Balaban J connectivity index is 1.73. The minimum atomic E-state index is 0.680. The zero-order valence-corrected chi connectivity index (χ0v) is 19.6. The van der Waals surface area contributed by atoms with Gasteiger partial charge in [-0.2, -0.15) is 0 Å². The predicted octanol–water partition coefficient (Wildman–Crippen LogP) is 8.13. The first kappa shape index (κ1) is 21.4. The van der Waals surface area contributed by atoms with Crippen LogP contribution in [0.25, 0.3) is 33.2 Å². The van der Waals surface area contributed by atoms with Gasteiger partial charge in [-0.15, -0.1) is 0 Å². The standard InChI is InChI=1S/C30H30N2O/c1-20-15-16-26-27-14-8-18-32-30(27)33-29(26)28(20)21(2)25(13-7-17-31-3)24-12-6-11-23(19-24)22-9-4-5-10-22/h6-8,11-19,22H,4-5,9-10H2,1-3H3/b13-7-,25-21-,31-17?. The fraction of sp³-hybridized carbons (Fsp3) is 0.267. The average molecular weight is 435 g/mol. The van der Waals surface area contributed by atoms with Crippen molar-refractivity contribution in [3.63, 3.8) is 0 Å². The highest BCUT2D eigenvalue weighted by Gasteiger charge is 2.19. The first-order valence-corrected chi connectivity index (χ1v) is 11.8. The Labute approximate surface area is 195 Å². The van der Waals surface area contributed by atoms with Crippen LogP contribution in [0.15, 0.2) is 76.3 Å². The summed E-state index contributed by atoms with van der Waals surface area (Å²) < 4.78 is 6.31. The maximum Gasteiger partial charge on any atom is 0.227 e. The largest absolute Gasteiger partial charge is 0.437 e. The van der Waals surface area contributed by atoms with E-state index in [4.69, 9.17) is 4.42 Å². The lowest BCUT2D eigenvalue weighted by atomic mass is 9.89. The van der Waals surface area contributed by atoms with E-state index in [2.05, 4.69) is 72.4 Å². The normalized spacial score (nSPS) is 16.0. The zero-order chi connectivity index (χ0) is 22.8. The Morgan fingerprint density at radius 3 is 2.73 bits per heavy atom. The van der Waals surface area contributed by atoms with Crippen molar-refractivity contribution in [3.8, 4) is 0 Å². The van der Waals surface area contributed by atoms with Gasteiger partial charge in [0.25, 0.3) is 0 Å². The lowest BCUT2D eigenvalue weighted by Crippen LogP contribution is -1.96. The van der Waals surface area contributed by atoms with Gasteiger partial charge in [0.05, 0.1) is 0 Å². The van der Waals surface area contributed by atoms with E-state index < -0.39 is 0 Å². The first-order chi connectivity index (χ1) is 16.2. The topological polar surface area (TPSA) is 38.4 Å². The highest BCUT2D eigenvalue weighted by molar-refractivity contribution is 6.10. The van der Waals surface area contributed by atoms with Crippen molar-refractivity contribution in [2.24, 2.45) is 4.99 Å². The molecule has 1 aliphatic rings. The van der Waals surface area contributed by atoms with Crippen LogP contribution < -0.4 is 0 Å². The third kappa shape index (κ3) is 4.04. The van der Waals surface area contributed by atoms with E-state index in [1.165, 1.54) is 53.5 Å². The van der Waals surface area contributed by atoms with Crippen molar-refractivity contribution < 1.29 is 4.42 Å². The number of hydrogen-bond acceptors (Lipinski definition) is 3. The quantitative estimate of drug-likeness (QED) is 0.181. The molecule has 1 aliphatic carbocycles. The predicted molar refractivity (Wildman–Crippen MR) is 140 cm³/mol. The van der Waals surface area contributed by atoms with Gasteiger partial charge >= 0.3 is 0 Å². The lowest BCUT2D eigenvalue weighted by Gasteiger charge is -2.15. The van der Waals surface area contributed by atoms with E-state index in [0.29, 0.717) is 11.6 Å². The van der Waals surface area contributed by atoms with E-state index in [-0.39, 0.29) is 0 Å². The minimum Gasteiger partial charge on any atom is -0.437 e. The molecule has 4 aromatic rings. The smallest absolute Gasteiger partial charge is 0.227 e. The van der Waals surface area contributed by atoms with Crippen molar-refractivity contribution in [3.05, 3.63) is 89.1 Å². The second-order valence-electron chi connectivity index (χ2n) is 9.00. The lowest BCUT2D eigenvalue weighted by molar-refractivity contribution is 0.652. The van der Waals surface area contributed by atoms with Crippen LogP contribution >= 0.6 is 0 Å². The molecule has 0 bridgehead atoms. The number of hydrogen-bond donors (Lipinski definition) is 0. The minimum absolute atomic E-state index is 0.680. The molecule has 0 saturated heterocycles. The molecule has 0 aliphatic heterocycles. The molecule has 0 radical (unpaired) electrons. The Morgan fingerprint density at radius 2 is 1.91 bits per heavy atom. The van der Waals surface area contributed by atoms with E-state index in [0.717, 1.165) is 21.9 Å². The molecule has 2 aromatic heterocycles. The summed E-state index contributed by atoms with van der Waals surface area (Å²) in [5.74, 6) is 0.680. The van der Waals surface area contributed by atoms with E-state index in [1.807, 2.05) is 18.4 Å². The third-order valence-electron chi connectivity index (χ3n) is 6.93. The van der Waals surface area contributed by atoms with Crippen LogP contribution in [0.3, 0.4) is 0 Å². The number of aliphatic imine (C=N–C) groups is 1. The van der Waals surface area contributed by atoms with Crippen molar-refractivity contribution >= 4 is 39.4 Å². The van der Waals surface area contributed by atoms with Crippen LogP contribution in [0.4, 0.5) is 0 Å². The summed E-state index contributed by atoms with van der Waals surface area (Å²) in [7, 11) is 1.80. The summed E-state index contributed by atoms with van der Waals surface area (Å²) in [5, 5.41) is 2.16. The SMILES string of the molecule is CN=C/C=C\C(=C(/C)c1c(C)ccc2c1oc1ncccc12)c1cccc(C2CCCC2)c1. The van der Waals surface area contributed by atoms with Crippen LogP contribution in [0.5, 0.6) is 0 Å². The number of aromatic nitrogens is 1. The molecule has 5 rings (SSSR count). The van der Waals surface area contributed by atoms with Crippen LogP contribution in [-0.4, -0.2) is 18.2 Å². The number of allylic oxidation sites excluding steroid dienone is 4. The van der Waals surface area contributed by atoms with Crippen molar-refractivity contribution in [2.75, 3.05) is 7.05 Å². The van der Waals surface area contributed by atoms with Crippen LogP contribution in [-0.2, 0) is 0 Å². The van der Waals surface area contributed by atoms with Gasteiger partial charge in [0.15, 0.2) is 0 Å². The number of benzene rings is 2. The molecule has 0 spiro atoms.